The zero-order valence-electron chi connectivity index (χ0n) is 8.81. The minimum absolute atomic E-state index is 0.363. The number of hydrogen-bond donors (Lipinski definition) is 1. The maximum Gasteiger partial charge on any atom is 0.0767 e. The van der Waals surface area contributed by atoms with E-state index in [2.05, 4.69) is 25.7 Å². The predicted octanol–water partition coefficient (Wildman–Crippen LogP) is 2.11. The van der Waals surface area contributed by atoms with E-state index in [1.54, 1.807) is 0 Å². The van der Waals surface area contributed by atoms with Crippen LogP contribution < -0.4 is 5.32 Å². The Balaban J connectivity index is 2.40. The molecule has 0 spiro atoms. The topological polar surface area (TPSA) is 21.3 Å². The largest absolute Gasteiger partial charge is 0.376 e. The fourth-order valence-corrected chi connectivity index (χ4v) is 1.79. The van der Waals surface area contributed by atoms with E-state index >= 15 is 0 Å². The fourth-order valence-electron chi connectivity index (χ4n) is 1.79. The Bertz CT molecular complexity index is 161. The molecule has 76 valence electrons. The third-order valence-corrected chi connectivity index (χ3v) is 2.48. The molecule has 0 aromatic heterocycles. The van der Waals surface area contributed by atoms with E-state index in [1.807, 2.05) is 0 Å². The van der Waals surface area contributed by atoms with E-state index in [-0.39, 0.29) is 0 Å². The summed E-state index contributed by atoms with van der Waals surface area (Å²) in [5, 5.41) is 3.49. The van der Waals surface area contributed by atoms with Crippen LogP contribution in [-0.4, -0.2) is 25.3 Å². The Morgan fingerprint density at radius 1 is 1.69 bits per heavy atom. The van der Waals surface area contributed by atoms with Gasteiger partial charge < -0.3 is 10.1 Å². The molecule has 2 atom stereocenters. The van der Waals surface area contributed by atoms with Crippen molar-refractivity contribution in [2.75, 3.05) is 13.2 Å². The molecule has 1 fully saturated rings. The first-order valence-electron chi connectivity index (χ1n) is 5.26. The van der Waals surface area contributed by atoms with Gasteiger partial charge in [0.1, 0.15) is 0 Å². The van der Waals surface area contributed by atoms with Crippen LogP contribution in [0.3, 0.4) is 0 Å². The molecule has 0 amide bonds. The van der Waals surface area contributed by atoms with Crippen molar-refractivity contribution in [3.8, 4) is 0 Å². The first-order valence-corrected chi connectivity index (χ1v) is 5.26. The van der Waals surface area contributed by atoms with Crippen molar-refractivity contribution in [1.82, 2.24) is 5.32 Å². The molecule has 1 aliphatic rings. The van der Waals surface area contributed by atoms with Gasteiger partial charge in [0, 0.05) is 6.61 Å². The summed E-state index contributed by atoms with van der Waals surface area (Å²) in [6.45, 7) is 10.2. The number of hydrogen-bond acceptors (Lipinski definition) is 2. The Kier molecular flexibility index (Phi) is 4.46. The Morgan fingerprint density at radius 2 is 2.46 bits per heavy atom. The van der Waals surface area contributed by atoms with E-state index < -0.39 is 0 Å². The van der Waals surface area contributed by atoms with Gasteiger partial charge in [-0.3, -0.25) is 0 Å². The quantitative estimate of drug-likeness (QED) is 0.659. The average molecular weight is 183 g/mol. The molecule has 2 heteroatoms. The Labute approximate surface area is 81.4 Å². The molecular weight excluding hydrogens is 162 g/mol. The van der Waals surface area contributed by atoms with Crippen molar-refractivity contribution in [1.29, 1.82) is 0 Å². The molecule has 1 saturated heterocycles. The fraction of sp³-hybridized carbons (Fsp3) is 0.818. The van der Waals surface area contributed by atoms with E-state index in [1.165, 1.54) is 18.4 Å². The maximum absolute atomic E-state index is 5.65. The van der Waals surface area contributed by atoms with Gasteiger partial charge in [0.2, 0.25) is 0 Å². The summed E-state index contributed by atoms with van der Waals surface area (Å²) in [6.07, 6.45) is 3.90. The third kappa shape index (κ3) is 3.12. The van der Waals surface area contributed by atoms with Gasteiger partial charge >= 0.3 is 0 Å². The van der Waals surface area contributed by atoms with Crippen LogP contribution in [0.2, 0.25) is 0 Å². The third-order valence-electron chi connectivity index (χ3n) is 2.48. The second kappa shape index (κ2) is 5.40. The summed E-state index contributed by atoms with van der Waals surface area (Å²) in [4.78, 5) is 0. The van der Waals surface area contributed by atoms with Gasteiger partial charge in [-0.1, -0.05) is 19.1 Å². The average Bonchev–Trinajstić information content (AvgIpc) is 2.57. The highest BCUT2D eigenvalue weighted by molar-refractivity contribution is 5.06. The Hall–Kier alpha value is -0.340. The maximum atomic E-state index is 5.65. The zero-order chi connectivity index (χ0) is 9.68. The minimum Gasteiger partial charge on any atom is -0.376 e. The predicted molar refractivity (Wildman–Crippen MR) is 55.9 cm³/mol. The lowest BCUT2D eigenvalue weighted by molar-refractivity contribution is 0.0886. The SMILES string of the molecule is C=C(C)C(NCCC)C1CCCO1. The van der Waals surface area contributed by atoms with Crippen LogP contribution >= 0.6 is 0 Å². The van der Waals surface area contributed by atoms with Crippen molar-refractivity contribution >= 4 is 0 Å². The van der Waals surface area contributed by atoms with E-state index in [9.17, 15) is 0 Å². The van der Waals surface area contributed by atoms with Gasteiger partial charge in [-0.2, -0.15) is 0 Å². The van der Waals surface area contributed by atoms with Crippen LogP contribution in [0.25, 0.3) is 0 Å². The molecule has 1 N–H and O–H groups in total. The van der Waals surface area contributed by atoms with Gasteiger partial charge in [-0.15, -0.1) is 0 Å². The number of nitrogens with one attached hydrogen (secondary N) is 1. The van der Waals surface area contributed by atoms with Crippen LogP contribution in [0, 0.1) is 0 Å². The molecule has 13 heavy (non-hydrogen) atoms. The van der Waals surface area contributed by atoms with Crippen molar-refractivity contribution in [2.45, 2.75) is 45.3 Å². The molecule has 0 bridgehead atoms. The van der Waals surface area contributed by atoms with Gasteiger partial charge in [-0.25, -0.2) is 0 Å². The smallest absolute Gasteiger partial charge is 0.0767 e. The van der Waals surface area contributed by atoms with E-state index in [4.69, 9.17) is 4.74 Å². The van der Waals surface area contributed by atoms with Crippen LogP contribution in [0.4, 0.5) is 0 Å². The summed E-state index contributed by atoms with van der Waals surface area (Å²) in [7, 11) is 0. The van der Waals surface area contributed by atoms with Crippen LogP contribution in [0.15, 0.2) is 12.2 Å². The van der Waals surface area contributed by atoms with Crippen molar-refractivity contribution in [3.63, 3.8) is 0 Å². The summed E-state index contributed by atoms with van der Waals surface area (Å²) in [6, 6.07) is 0.363. The monoisotopic (exact) mass is 183 g/mol. The van der Waals surface area contributed by atoms with Gasteiger partial charge in [-0.05, 0) is 32.7 Å². The van der Waals surface area contributed by atoms with Gasteiger partial charge in [0.05, 0.1) is 12.1 Å². The standard InChI is InChI=1S/C11H21NO/c1-4-7-12-11(9(2)3)10-6-5-8-13-10/h10-12H,2,4-8H2,1,3H3. The molecule has 2 unspecified atom stereocenters. The van der Waals surface area contributed by atoms with Crippen molar-refractivity contribution in [3.05, 3.63) is 12.2 Å². The minimum atomic E-state index is 0.363. The van der Waals surface area contributed by atoms with E-state index in [0.717, 1.165) is 19.6 Å². The first-order chi connectivity index (χ1) is 6.25. The Morgan fingerprint density at radius 3 is 2.92 bits per heavy atom. The molecule has 1 aliphatic heterocycles. The molecule has 0 aliphatic carbocycles. The zero-order valence-corrected chi connectivity index (χ0v) is 8.81. The van der Waals surface area contributed by atoms with Crippen LogP contribution in [0.5, 0.6) is 0 Å². The summed E-state index contributed by atoms with van der Waals surface area (Å²) in [5.41, 5.74) is 1.19. The highest BCUT2D eigenvalue weighted by atomic mass is 16.5. The molecule has 0 aromatic rings. The number of rotatable bonds is 5. The molecule has 1 rings (SSSR count). The summed E-state index contributed by atoms with van der Waals surface area (Å²) in [5.74, 6) is 0. The lowest BCUT2D eigenvalue weighted by Gasteiger charge is -2.24. The molecule has 0 aromatic carbocycles. The molecule has 0 radical (unpaired) electrons. The van der Waals surface area contributed by atoms with Crippen LogP contribution in [0.1, 0.15) is 33.1 Å². The van der Waals surface area contributed by atoms with Crippen molar-refractivity contribution < 1.29 is 4.74 Å². The molecule has 1 heterocycles. The van der Waals surface area contributed by atoms with E-state index in [0.29, 0.717) is 12.1 Å². The lowest BCUT2D eigenvalue weighted by atomic mass is 10.0. The normalized spacial score (nSPS) is 24.6. The van der Waals surface area contributed by atoms with Gasteiger partial charge in [0.15, 0.2) is 0 Å². The lowest BCUT2D eigenvalue weighted by Crippen LogP contribution is -2.40. The molecule has 2 nitrogen and oxygen atoms in total. The second-order valence-electron chi connectivity index (χ2n) is 3.83. The molecular formula is C11H21NO. The second-order valence-corrected chi connectivity index (χ2v) is 3.83. The first kappa shape index (κ1) is 10.7. The summed E-state index contributed by atoms with van der Waals surface area (Å²) >= 11 is 0. The van der Waals surface area contributed by atoms with Crippen molar-refractivity contribution in [2.24, 2.45) is 0 Å². The van der Waals surface area contributed by atoms with Gasteiger partial charge in [0.25, 0.3) is 0 Å². The highest BCUT2D eigenvalue weighted by Gasteiger charge is 2.25. The highest BCUT2D eigenvalue weighted by Crippen LogP contribution is 2.19. The van der Waals surface area contributed by atoms with Crippen LogP contribution in [-0.2, 0) is 4.74 Å². The molecule has 0 saturated carbocycles. The number of ether oxygens (including phenoxy) is 1. The summed E-state index contributed by atoms with van der Waals surface area (Å²) < 4.78 is 5.65.